The van der Waals surface area contributed by atoms with E-state index >= 15 is 0 Å². The molecular weight excluding hydrogens is 196 g/mol. The fourth-order valence-corrected chi connectivity index (χ4v) is 2.15. The van der Waals surface area contributed by atoms with E-state index in [2.05, 4.69) is 48.3 Å². The molecule has 0 aliphatic carbocycles. The maximum atomic E-state index is 3.53. The summed E-state index contributed by atoms with van der Waals surface area (Å²) in [5.74, 6) is 0. The molecule has 1 saturated heterocycles. The van der Waals surface area contributed by atoms with Crippen molar-refractivity contribution in [3.8, 4) is 0 Å². The minimum atomic E-state index is 0.550. The fraction of sp³-hybridized carbons (Fsp3) is 0.571. The lowest BCUT2D eigenvalue weighted by Crippen LogP contribution is -2.18. The van der Waals surface area contributed by atoms with Crippen LogP contribution in [-0.2, 0) is 0 Å². The van der Waals surface area contributed by atoms with Crippen LogP contribution in [0.4, 0.5) is 11.4 Å². The molecule has 16 heavy (non-hydrogen) atoms. The number of hydrogen-bond donors (Lipinski definition) is 1. The van der Waals surface area contributed by atoms with Crippen LogP contribution in [0.5, 0.6) is 0 Å². The van der Waals surface area contributed by atoms with Gasteiger partial charge >= 0.3 is 0 Å². The quantitative estimate of drug-likeness (QED) is 0.832. The van der Waals surface area contributed by atoms with E-state index < -0.39 is 0 Å². The van der Waals surface area contributed by atoms with Crippen LogP contribution in [0.1, 0.15) is 33.1 Å². The molecule has 1 aromatic carbocycles. The second-order valence-electron chi connectivity index (χ2n) is 4.70. The zero-order chi connectivity index (χ0) is 11.4. The van der Waals surface area contributed by atoms with E-state index in [1.165, 1.54) is 37.3 Å². The first-order valence-electron chi connectivity index (χ1n) is 6.41. The van der Waals surface area contributed by atoms with Crippen molar-refractivity contribution in [1.29, 1.82) is 0 Å². The monoisotopic (exact) mass is 218 g/mol. The van der Waals surface area contributed by atoms with Crippen molar-refractivity contribution in [3.05, 3.63) is 24.3 Å². The van der Waals surface area contributed by atoms with Crippen molar-refractivity contribution < 1.29 is 0 Å². The number of rotatable bonds is 4. The average Bonchev–Trinajstić information content (AvgIpc) is 2.83. The van der Waals surface area contributed by atoms with E-state index in [9.17, 15) is 0 Å². The summed E-state index contributed by atoms with van der Waals surface area (Å²) in [4.78, 5) is 2.47. The number of nitrogens with zero attached hydrogens (tertiary/aromatic N) is 1. The highest BCUT2D eigenvalue weighted by Crippen LogP contribution is 2.23. The van der Waals surface area contributed by atoms with Crippen LogP contribution in [0.2, 0.25) is 0 Å². The Kier molecular flexibility index (Phi) is 3.70. The van der Waals surface area contributed by atoms with Gasteiger partial charge in [-0.1, -0.05) is 13.0 Å². The Morgan fingerprint density at radius 3 is 2.75 bits per heavy atom. The van der Waals surface area contributed by atoms with Gasteiger partial charge in [0, 0.05) is 30.5 Å². The fourth-order valence-electron chi connectivity index (χ4n) is 2.15. The number of anilines is 2. The van der Waals surface area contributed by atoms with Crippen LogP contribution in [0.25, 0.3) is 0 Å². The number of nitrogens with one attached hydrogen (secondary N) is 1. The molecule has 2 rings (SSSR count). The lowest BCUT2D eigenvalue weighted by molar-refractivity contribution is 0.764. The smallest absolute Gasteiger partial charge is 0.0386 e. The Balaban J connectivity index is 2.06. The highest BCUT2D eigenvalue weighted by atomic mass is 15.1. The van der Waals surface area contributed by atoms with E-state index in [-0.39, 0.29) is 0 Å². The molecule has 0 bridgehead atoms. The van der Waals surface area contributed by atoms with Crippen LogP contribution in [-0.4, -0.2) is 19.1 Å². The average molecular weight is 218 g/mol. The third kappa shape index (κ3) is 2.69. The lowest BCUT2D eigenvalue weighted by Gasteiger charge is -2.20. The molecule has 1 aliphatic rings. The summed E-state index contributed by atoms with van der Waals surface area (Å²) in [6.07, 6.45) is 3.83. The maximum absolute atomic E-state index is 3.53. The molecule has 2 nitrogen and oxygen atoms in total. The summed E-state index contributed by atoms with van der Waals surface area (Å²) < 4.78 is 0. The van der Waals surface area contributed by atoms with Gasteiger partial charge in [0.1, 0.15) is 0 Å². The molecule has 0 radical (unpaired) electrons. The summed E-state index contributed by atoms with van der Waals surface area (Å²) in [5.41, 5.74) is 2.62. The van der Waals surface area contributed by atoms with Gasteiger partial charge in [0.25, 0.3) is 0 Å². The van der Waals surface area contributed by atoms with E-state index in [4.69, 9.17) is 0 Å². The highest BCUT2D eigenvalue weighted by Gasteiger charge is 2.12. The molecule has 1 N–H and O–H groups in total. The zero-order valence-electron chi connectivity index (χ0n) is 10.4. The van der Waals surface area contributed by atoms with Gasteiger partial charge in [-0.05, 0) is 44.4 Å². The van der Waals surface area contributed by atoms with E-state index in [0.717, 1.165) is 6.42 Å². The van der Waals surface area contributed by atoms with Gasteiger partial charge in [0.2, 0.25) is 0 Å². The van der Waals surface area contributed by atoms with E-state index in [0.29, 0.717) is 6.04 Å². The van der Waals surface area contributed by atoms with Gasteiger partial charge in [-0.2, -0.15) is 0 Å². The summed E-state index contributed by atoms with van der Waals surface area (Å²) >= 11 is 0. The normalized spacial score (nSPS) is 17.5. The van der Waals surface area contributed by atoms with Crippen molar-refractivity contribution in [2.24, 2.45) is 0 Å². The van der Waals surface area contributed by atoms with Crippen LogP contribution in [0, 0.1) is 0 Å². The molecule has 2 heteroatoms. The molecule has 0 saturated carbocycles. The van der Waals surface area contributed by atoms with Crippen molar-refractivity contribution in [3.63, 3.8) is 0 Å². The molecule has 1 aromatic rings. The van der Waals surface area contributed by atoms with Gasteiger partial charge in [-0.3, -0.25) is 0 Å². The summed E-state index contributed by atoms with van der Waals surface area (Å²) in [6, 6.07) is 9.35. The number of hydrogen-bond acceptors (Lipinski definition) is 2. The Labute approximate surface area is 98.7 Å². The predicted molar refractivity (Wildman–Crippen MR) is 71.3 cm³/mol. The standard InChI is InChI=1S/C14H22N2/c1-3-12(2)15-13-7-6-8-14(11-13)16-9-4-5-10-16/h6-8,11-12,15H,3-5,9-10H2,1-2H3. The topological polar surface area (TPSA) is 15.3 Å². The molecule has 1 heterocycles. The van der Waals surface area contributed by atoms with Crippen LogP contribution in [0.15, 0.2) is 24.3 Å². The van der Waals surface area contributed by atoms with Crippen LogP contribution >= 0.6 is 0 Å². The van der Waals surface area contributed by atoms with Gasteiger partial charge in [-0.25, -0.2) is 0 Å². The second kappa shape index (κ2) is 5.24. The molecule has 0 spiro atoms. The molecule has 1 aliphatic heterocycles. The van der Waals surface area contributed by atoms with Crippen molar-refractivity contribution >= 4 is 11.4 Å². The lowest BCUT2D eigenvalue weighted by atomic mass is 10.2. The third-order valence-corrected chi connectivity index (χ3v) is 3.34. The first kappa shape index (κ1) is 11.3. The Bertz CT molecular complexity index is 329. The van der Waals surface area contributed by atoms with E-state index in [1.54, 1.807) is 0 Å². The first-order chi connectivity index (χ1) is 7.79. The molecule has 1 fully saturated rings. The van der Waals surface area contributed by atoms with Crippen molar-refractivity contribution in [2.45, 2.75) is 39.2 Å². The van der Waals surface area contributed by atoms with Gasteiger partial charge in [0.15, 0.2) is 0 Å². The van der Waals surface area contributed by atoms with Crippen LogP contribution in [0.3, 0.4) is 0 Å². The number of benzene rings is 1. The largest absolute Gasteiger partial charge is 0.383 e. The van der Waals surface area contributed by atoms with Crippen LogP contribution < -0.4 is 10.2 Å². The molecule has 0 aromatic heterocycles. The van der Waals surface area contributed by atoms with Gasteiger partial charge in [-0.15, -0.1) is 0 Å². The zero-order valence-corrected chi connectivity index (χ0v) is 10.4. The maximum Gasteiger partial charge on any atom is 0.0386 e. The second-order valence-corrected chi connectivity index (χ2v) is 4.70. The Hall–Kier alpha value is -1.18. The molecule has 88 valence electrons. The van der Waals surface area contributed by atoms with Gasteiger partial charge in [0.05, 0.1) is 0 Å². The molecule has 1 atom stereocenters. The predicted octanol–water partition coefficient (Wildman–Crippen LogP) is 3.50. The SMILES string of the molecule is CCC(C)Nc1cccc(N2CCCC2)c1. The Morgan fingerprint density at radius 1 is 1.31 bits per heavy atom. The Morgan fingerprint density at radius 2 is 2.06 bits per heavy atom. The summed E-state index contributed by atoms with van der Waals surface area (Å²) in [6.45, 7) is 6.87. The van der Waals surface area contributed by atoms with E-state index in [1.807, 2.05) is 0 Å². The summed E-state index contributed by atoms with van der Waals surface area (Å²) in [7, 11) is 0. The van der Waals surface area contributed by atoms with Gasteiger partial charge < -0.3 is 10.2 Å². The third-order valence-electron chi connectivity index (χ3n) is 3.34. The van der Waals surface area contributed by atoms with Crippen molar-refractivity contribution in [1.82, 2.24) is 0 Å². The first-order valence-corrected chi connectivity index (χ1v) is 6.41. The highest BCUT2D eigenvalue weighted by molar-refractivity contribution is 5.58. The summed E-state index contributed by atoms with van der Waals surface area (Å²) in [5, 5.41) is 3.53. The minimum absolute atomic E-state index is 0.550. The minimum Gasteiger partial charge on any atom is -0.383 e. The molecular formula is C14H22N2. The molecule has 0 amide bonds. The van der Waals surface area contributed by atoms with Crippen molar-refractivity contribution in [2.75, 3.05) is 23.3 Å². The molecule has 1 unspecified atom stereocenters.